The summed E-state index contributed by atoms with van der Waals surface area (Å²) in [6.07, 6.45) is -0.509. The van der Waals surface area contributed by atoms with Gasteiger partial charge in [0.25, 0.3) is 0 Å². The zero-order chi connectivity index (χ0) is 20.1. The first kappa shape index (κ1) is 19.6. The van der Waals surface area contributed by atoms with Crippen LogP contribution in [-0.4, -0.2) is 62.6 Å². The summed E-state index contributed by atoms with van der Waals surface area (Å²) in [5.41, 5.74) is 1.18. The van der Waals surface area contributed by atoms with E-state index in [1.165, 1.54) is 11.1 Å². The fraction of sp³-hybridized carbons (Fsp3) is 0.333. The van der Waals surface area contributed by atoms with E-state index in [2.05, 4.69) is 40.1 Å². The van der Waals surface area contributed by atoms with Crippen LogP contribution in [0.1, 0.15) is 0 Å². The molecule has 0 saturated carbocycles. The van der Waals surface area contributed by atoms with Gasteiger partial charge in [0.15, 0.2) is 0 Å². The Morgan fingerprint density at radius 1 is 0.862 bits per heavy atom. The first-order valence-corrected chi connectivity index (χ1v) is 10.1. The second-order valence-electron chi connectivity index (χ2n) is 7.46. The van der Waals surface area contributed by atoms with E-state index in [1.807, 2.05) is 36.4 Å². The van der Waals surface area contributed by atoms with Gasteiger partial charge in [-0.1, -0.05) is 36.4 Å². The highest BCUT2D eigenvalue weighted by atomic mass is 16.5. The third-order valence-electron chi connectivity index (χ3n) is 5.42. The molecule has 0 radical (unpaired) electrons. The maximum absolute atomic E-state index is 10.4. The lowest BCUT2D eigenvalue weighted by molar-refractivity contribution is 0.0663. The Morgan fingerprint density at radius 3 is 2.45 bits per heavy atom. The van der Waals surface area contributed by atoms with Crippen molar-refractivity contribution in [1.82, 2.24) is 4.90 Å². The number of aliphatic hydroxyl groups excluding tert-OH is 1. The van der Waals surface area contributed by atoms with Crippen molar-refractivity contribution in [2.24, 2.45) is 0 Å². The van der Waals surface area contributed by atoms with Crippen molar-refractivity contribution >= 4 is 16.5 Å². The van der Waals surface area contributed by atoms with Crippen LogP contribution < -0.4 is 14.4 Å². The van der Waals surface area contributed by atoms with Gasteiger partial charge in [-0.25, -0.2) is 0 Å². The van der Waals surface area contributed by atoms with E-state index in [-0.39, 0.29) is 0 Å². The van der Waals surface area contributed by atoms with E-state index in [9.17, 15) is 5.11 Å². The van der Waals surface area contributed by atoms with Crippen LogP contribution in [0.2, 0.25) is 0 Å². The highest BCUT2D eigenvalue weighted by Gasteiger charge is 2.20. The molecule has 5 nitrogen and oxygen atoms in total. The van der Waals surface area contributed by atoms with Gasteiger partial charge in [-0.3, -0.25) is 4.90 Å². The van der Waals surface area contributed by atoms with E-state index in [0.717, 1.165) is 43.1 Å². The summed E-state index contributed by atoms with van der Waals surface area (Å²) in [5, 5.41) is 12.8. The Hall–Kier alpha value is -2.76. The lowest BCUT2D eigenvalue weighted by Crippen LogP contribution is -2.49. The highest BCUT2D eigenvalue weighted by Crippen LogP contribution is 2.23. The van der Waals surface area contributed by atoms with E-state index in [1.54, 1.807) is 7.11 Å². The number of methoxy groups -OCH3 is 1. The maximum atomic E-state index is 10.4. The predicted molar refractivity (Wildman–Crippen MR) is 117 cm³/mol. The third-order valence-corrected chi connectivity index (χ3v) is 5.42. The van der Waals surface area contributed by atoms with Gasteiger partial charge >= 0.3 is 0 Å². The molecule has 0 aliphatic carbocycles. The van der Waals surface area contributed by atoms with Crippen molar-refractivity contribution in [3.8, 4) is 11.5 Å². The monoisotopic (exact) mass is 392 g/mol. The smallest absolute Gasteiger partial charge is 0.120 e. The number of anilines is 1. The molecule has 3 aromatic rings. The second-order valence-corrected chi connectivity index (χ2v) is 7.46. The van der Waals surface area contributed by atoms with Crippen molar-refractivity contribution < 1.29 is 14.6 Å². The largest absolute Gasteiger partial charge is 0.497 e. The Kier molecular flexibility index (Phi) is 6.17. The van der Waals surface area contributed by atoms with Crippen LogP contribution in [0, 0.1) is 0 Å². The molecule has 0 amide bonds. The van der Waals surface area contributed by atoms with Crippen LogP contribution in [0.25, 0.3) is 10.8 Å². The topological polar surface area (TPSA) is 45.2 Å². The Balaban J connectivity index is 1.24. The van der Waals surface area contributed by atoms with Crippen molar-refractivity contribution in [3.63, 3.8) is 0 Å². The van der Waals surface area contributed by atoms with Crippen LogP contribution in [0.5, 0.6) is 11.5 Å². The molecule has 1 N–H and O–H groups in total. The molecule has 1 saturated heterocycles. The van der Waals surface area contributed by atoms with E-state index < -0.39 is 6.10 Å². The Bertz CT molecular complexity index is 938. The van der Waals surface area contributed by atoms with E-state index in [0.29, 0.717) is 13.2 Å². The third kappa shape index (κ3) is 5.00. The minimum absolute atomic E-state index is 0.300. The number of piperazine rings is 1. The Labute approximate surface area is 172 Å². The molecule has 1 unspecified atom stereocenters. The molecule has 152 valence electrons. The average Bonchev–Trinajstić information content (AvgIpc) is 2.78. The highest BCUT2D eigenvalue weighted by molar-refractivity contribution is 5.83. The number of benzene rings is 3. The van der Waals surface area contributed by atoms with Crippen molar-refractivity contribution in [1.29, 1.82) is 0 Å². The summed E-state index contributed by atoms with van der Waals surface area (Å²) in [7, 11) is 1.69. The van der Waals surface area contributed by atoms with Gasteiger partial charge in [0, 0.05) is 44.5 Å². The molecule has 1 fully saturated rings. The maximum Gasteiger partial charge on any atom is 0.120 e. The SMILES string of the molecule is COc1cccc(N2CCN(CC(O)COc3ccc4ccccc4c3)CC2)c1. The van der Waals surface area contributed by atoms with Gasteiger partial charge in [0.1, 0.15) is 24.2 Å². The number of hydrogen-bond donors (Lipinski definition) is 1. The minimum Gasteiger partial charge on any atom is -0.497 e. The lowest BCUT2D eigenvalue weighted by Gasteiger charge is -2.37. The normalized spacial score (nSPS) is 16.0. The first-order chi connectivity index (χ1) is 14.2. The van der Waals surface area contributed by atoms with Crippen molar-refractivity contribution in [2.45, 2.75) is 6.10 Å². The van der Waals surface area contributed by atoms with E-state index >= 15 is 0 Å². The van der Waals surface area contributed by atoms with Crippen LogP contribution in [0.15, 0.2) is 66.7 Å². The number of rotatable bonds is 7. The molecule has 5 heteroatoms. The molecule has 0 bridgehead atoms. The number of ether oxygens (including phenoxy) is 2. The predicted octanol–water partition coefficient (Wildman–Crippen LogP) is 3.41. The first-order valence-electron chi connectivity index (χ1n) is 10.1. The van der Waals surface area contributed by atoms with Gasteiger partial charge in [-0.15, -0.1) is 0 Å². The molecule has 29 heavy (non-hydrogen) atoms. The van der Waals surface area contributed by atoms with Gasteiger partial charge < -0.3 is 19.5 Å². The van der Waals surface area contributed by atoms with Crippen LogP contribution in [0.3, 0.4) is 0 Å². The van der Waals surface area contributed by atoms with E-state index in [4.69, 9.17) is 9.47 Å². The molecule has 1 atom stereocenters. The lowest BCUT2D eigenvalue weighted by atomic mass is 10.1. The molecule has 1 heterocycles. The zero-order valence-corrected chi connectivity index (χ0v) is 16.8. The molecule has 1 aliphatic heterocycles. The number of fused-ring (bicyclic) bond motifs is 1. The summed E-state index contributed by atoms with van der Waals surface area (Å²) in [6, 6.07) is 22.4. The quantitative estimate of drug-likeness (QED) is 0.668. The Morgan fingerprint density at radius 2 is 1.66 bits per heavy atom. The van der Waals surface area contributed by atoms with Gasteiger partial charge in [-0.05, 0) is 35.0 Å². The summed E-state index contributed by atoms with van der Waals surface area (Å²) >= 11 is 0. The van der Waals surface area contributed by atoms with Gasteiger partial charge in [-0.2, -0.15) is 0 Å². The molecule has 0 aromatic heterocycles. The van der Waals surface area contributed by atoms with Crippen LogP contribution in [0.4, 0.5) is 5.69 Å². The van der Waals surface area contributed by atoms with Gasteiger partial charge in [0.05, 0.1) is 7.11 Å². The number of nitrogens with zero attached hydrogens (tertiary/aromatic N) is 2. The number of aliphatic hydroxyl groups is 1. The summed E-state index contributed by atoms with van der Waals surface area (Å²) in [5.74, 6) is 1.68. The standard InChI is InChI=1S/C24H28N2O3/c1-28-23-8-4-7-21(16-23)26-13-11-25(12-14-26)17-22(27)18-29-24-10-9-19-5-2-3-6-20(19)15-24/h2-10,15-16,22,27H,11-14,17-18H2,1H3. The molecular formula is C24H28N2O3. The second kappa shape index (κ2) is 9.16. The molecular weight excluding hydrogens is 364 g/mol. The minimum atomic E-state index is -0.509. The zero-order valence-electron chi connectivity index (χ0n) is 16.8. The van der Waals surface area contributed by atoms with Crippen molar-refractivity contribution in [3.05, 3.63) is 66.7 Å². The molecule has 0 spiro atoms. The summed E-state index contributed by atoms with van der Waals surface area (Å²) in [4.78, 5) is 4.65. The molecule has 1 aliphatic rings. The molecule has 4 rings (SSSR count). The number of β-amino-alcohol motifs (C(OH)–C–C–N with tert-alkyl or cyclic N) is 1. The fourth-order valence-corrected chi connectivity index (χ4v) is 3.80. The number of hydrogen-bond acceptors (Lipinski definition) is 5. The van der Waals surface area contributed by atoms with Crippen LogP contribution in [-0.2, 0) is 0 Å². The fourth-order valence-electron chi connectivity index (χ4n) is 3.80. The van der Waals surface area contributed by atoms with Gasteiger partial charge in [0.2, 0.25) is 0 Å². The van der Waals surface area contributed by atoms with Crippen molar-refractivity contribution in [2.75, 3.05) is 51.3 Å². The summed E-state index contributed by atoms with van der Waals surface area (Å²) in [6.45, 7) is 4.64. The average molecular weight is 392 g/mol. The summed E-state index contributed by atoms with van der Waals surface area (Å²) < 4.78 is 11.2. The van der Waals surface area contributed by atoms with Crippen LogP contribution >= 0.6 is 0 Å². The molecule has 3 aromatic carbocycles.